The van der Waals surface area contributed by atoms with Gasteiger partial charge in [0.2, 0.25) is 0 Å². The highest BCUT2D eigenvalue weighted by atomic mass is 19.1. The molecule has 5 nitrogen and oxygen atoms in total. The van der Waals surface area contributed by atoms with E-state index in [9.17, 15) is 18.7 Å². The van der Waals surface area contributed by atoms with Gasteiger partial charge in [0.1, 0.15) is 5.52 Å². The highest BCUT2D eigenvalue weighted by molar-refractivity contribution is 5.81. The molecule has 142 valence electrons. The summed E-state index contributed by atoms with van der Waals surface area (Å²) in [6.45, 7) is 5.45. The summed E-state index contributed by atoms with van der Waals surface area (Å²) in [7, 11) is 0. The Kier molecular flexibility index (Phi) is 3.98. The molecule has 0 amide bonds. The van der Waals surface area contributed by atoms with Crippen LogP contribution in [0, 0.1) is 17.0 Å². The molecule has 1 N–H and O–H groups in total. The van der Waals surface area contributed by atoms with E-state index in [1.807, 2.05) is 0 Å². The van der Waals surface area contributed by atoms with Gasteiger partial charge in [-0.2, -0.15) is 0 Å². The van der Waals surface area contributed by atoms with Gasteiger partial charge < -0.3 is 10.1 Å². The fourth-order valence-electron chi connectivity index (χ4n) is 3.64. The molecule has 0 unspecified atom stereocenters. The van der Waals surface area contributed by atoms with Crippen molar-refractivity contribution >= 4 is 11.0 Å². The van der Waals surface area contributed by atoms with E-state index >= 15 is 0 Å². The van der Waals surface area contributed by atoms with Gasteiger partial charge in [0.15, 0.2) is 17.4 Å². The molecule has 1 aromatic heterocycles. The van der Waals surface area contributed by atoms with E-state index in [0.717, 1.165) is 18.9 Å². The number of aromatic hydroxyl groups is 1. The van der Waals surface area contributed by atoms with E-state index in [2.05, 4.69) is 13.8 Å². The second kappa shape index (κ2) is 6.11. The molecule has 7 heteroatoms. The number of hydrogen-bond donors (Lipinski definition) is 1. The molecule has 0 radical (unpaired) electrons. The molecule has 0 bridgehead atoms. The number of imidazole rings is 1. The van der Waals surface area contributed by atoms with E-state index in [-0.39, 0.29) is 16.4 Å². The van der Waals surface area contributed by atoms with Crippen molar-refractivity contribution in [3.8, 4) is 11.4 Å². The maximum absolute atomic E-state index is 14.8. The first-order valence-electron chi connectivity index (χ1n) is 8.95. The van der Waals surface area contributed by atoms with Gasteiger partial charge in [-0.15, -0.1) is 0 Å². The molecule has 1 aliphatic heterocycles. The van der Waals surface area contributed by atoms with E-state index in [1.54, 1.807) is 35.3 Å². The largest absolute Gasteiger partial charge is 0.503 e. The molecular weight excluding hydrogens is 352 g/mol. The molecule has 27 heavy (non-hydrogen) atoms. The van der Waals surface area contributed by atoms with E-state index in [4.69, 9.17) is 0 Å². The third-order valence-electron chi connectivity index (χ3n) is 5.36. The van der Waals surface area contributed by atoms with Crippen LogP contribution in [0.4, 0.5) is 8.78 Å². The summed E-state index contributed by atoms with van der Waals surface area (Å²) in [5, 5.41) is 11.6. The molecule has 0 saturated carbocycles. The minimum absolute atomic E-state index is 0.0869. The van der Waals surface area contributed by atoms with Crippen LogP contribution < -0.4 is 10.7 Å². The zero-order valence-electron chi connectivity index (χ0n) is 15.2. The molecule has 0 aliphatic carbocycles. The highest BCUT2D eigenvalue weighted by Crippen LogP contribution is 2.32. The number of fused-ring (bicyclic) bond motifs is 1. The number of rotatable bonds is 2. The molecule has 3 aromatic rings. The minimum atomic E-state index is -1.12. The summed E-state index contributed by atoms with van der Waals surface area (Å²) in [4.78, 5) is 13.2. The zero-order chi connectivity index (χ0) is 19.3. The summed E-state index contributed by atoms with van der Waals surface area (Å²) in [6.07, 6.45) is 1.68. The Morgan fingerprint density at radius 1 is 1.07 bits per heavy atom. The van der Waals surface area contributed by atoms with Crippen molar-refractivity contribution in [2.24, 2.45) is 5.41 Å². The van der Waals surface area contributed by atoms with Crippen molar-refractivity contribution in [3.05, 3.63) is 58.5 Å². The van der Waals surface area contributed by atoms with Gasteiger partial charge in [0.05, 0.1) is 11.2 Å². The van der Waals surface area contributed by atoms with Crippen molar-refractivity contribution in [1.29, 1.82) is 0 Å². The van der Waals surface area contributed by atoms with Crippen molar-refractivity contribution in [2.75, 3.05) is 18.1 Å². The third kappa shape index (κ3) is 2.78. The van der Waals surface area contributed by atoms with E-state index in [0.29, 0.717) is 18.8 Å². The van der Waals surface area contributed by atoms with Crippen LogP contribution in [0.3, 0.4) is 0 Å². The lowest BCUT2D eigenvalue weighted by Gasteiger charge is -2.38. The van der Waals surface area contributed by atoms with Crippen molar-refractivity contribution in [2.45, 2.75) is 26.7 Å². The van der Waals surface area contributed by atoms with Crippen LogP contribution in [-0.2, 0) is 0 Å². The molecule has 2 heterocycles. The Labute approximate surface area is 155 Å². The first kappa shape index (κ1) is 17.6. The van der Waals surface area contributed by atoms with E-state index < -0.39 is 23.1 Å². The van der Waals surface area contributed by atoms with Gasteiger partial charge in [-0.3, -0.25) is 4.57 Å². The second-order valence-electron chi connectivity index (χ2n) is 7.77. The Balaban J connectivity index is 2.00. The smallest absolute Gasteiger partial charge is 0.352 e. The van der Waals surface area contributed by atoms with Gasteiger partial charge in [-0.25, -0.2) is 18.3 Å². The predicted octanol–water partition coefficient (Wildman–Crippen LogP) is 3.53. The summed E-state index contributed by atoms with van der Waals surface area (Å²) in [5.41, 5.74) is 0.143. The van der Waals surface area contributed by atoms with Crippen molar-refractivity contribution in [1.82, 2.24) is 9.24 Å². The number of hydrogen-bond acceptors (Lipinski definition) is 3. The Morgan fingerprint density at radius 3 is 2.33 bits per heavy atom. The van der Waals surface area contributed by atoms with Crippen LogP contribution in [-0.4, -0.2) is 27.4 Å². The Hall–Kier alpha value is -2.83. The van der Waals surface area contributed by atoms with Gasteiger partial charge in [0, 0.05) is 19.2 Å². The molecule has 1 saturated heterocycles. The number of halogens is 2. The van der Waals surface area contributed by atoms with Crippen LogP contribution in [0.2, 0.25) is 0 Å². The van der Waals surface area contributed by atoms with Gasteiger partial charge >= 0.3 is 5.69 Å². The van der Waals surface area contributed by atoms with E-state index in [1.165, 1.54) is 9.24 Å². The summed E-state index contributed by atoms with van der Waals surface area (Å²) in [5.74, 6) is -3.29. The first-order chi connectivity index (χ1) is 12.8. The lowest BCUT2D eigenvalue weighted by Crippen LogP contribution is -2.48. The number of phenolic OH excluding ortho intramolecular Hbond substituents is 1. The summed E-state index contributed by atoms with van der Waals surface area (Å²) < 4.78 is 31.4. The maximum atomic E-state index is 14.8. The topological polar surface area (TPSA) is 50.4 Å². The van der Waals surface area contributed by atoms with Crippen LogP contribution in [0.5, 0.6) is 5.75 Å². The van der Waals surface area contributed by atoms with Gasteiger partial charge in [0.25, 0.3) is 0 Å². The normalized spacial score (nSPS) is 16.8. The molecule has 2 aromatic carbocycles. The fraction of sp³-hybridized carbons (Fsp3) is 0.350. The van der Waals surface area contributed by atoms with Crippen LogP contribution >= 0.6 is 0 Å². The van der Waals surface area contributed by atoms with Gasteiger partial charge in [-0.1, -0.05) is 32.0 Å². The fourth-order valence-corrected chi connectivity index (χ4v) is 3.64. The number of piperidine rings is 1. The van der Waals surface area contributed by atoms with Crippen LogP contribution in [0.25, 0.3) is 16.7 Å². The average molecular weight is 373 g/mol. The number of aromatic nitrogens is 2. The Bertz CT molecular complexity index is 1060. The molecular formula is C20H21F2N3O2. The van der Waals surface area contributed by atoms with Crippen LogP contribution in [0.1, 0.15) is 26.7 Å². The molecule has 1 aliphatic rings. The quantitative estimate of drug-likeness (QED) is 0.748. The maximum Gasteiger partial charge on any atom is 0.352 e. The lowest BCUT2D eigenvalue weighted by molar-refractivity contribution is 0.256. The van der Waals surface area contributed by atoms with Crippen molar-refractivity contribution < 1.29 is 13.9 Å². The number of phenols is 1. The van der Waals surface area contributed by atoms with Gasteiger partial charge in [-0.05, 0) is 30.4 Å². The molecule has 4 rings (SSSR count). The molecule has 0 atom stereocenters. The van der Waals surface area contributed by atoms with Crippen molar-refractivity contribution in [3.63, 3.8) is 0 Å². The summed E-state index contributed by atoms with van der Waals surface area (Å²) in [6, 6.07) is 9.71. The predicted molar refractivity (Wildman–Crippen MR) is 100 cm³/mol. The SMILES string of the molecule is CC1(C)CCN(n2c(=O)n(-c3ccccc3)c3cc(F)c(O)c(F)c32)CC1. The van der Waals surface area contributed by atoms with Crippen LogP contribution in [0.15, 0.2) is 41.2 Å². The molecule has 0 spiro atoms. The number of nitrogens with zero attached hydrogens (tertiary/aromatic N) is 3. The molecule has 1 fully saturated rings. The average Bonchev–Trinajstić information content (AvgIpc) is 2.93. The minimum Gasteiger partial charge on any atom is -0.503 e. The number of para-hydroxylation sites is 1. The summed E-state index contributed by atoms with van der Waals surface area (Å²) >= 11 is 0. The monoisotopic (exact) mass is 373 g/mol. The standard InChI is InChI=1S/C20H21F2N3O2/c1-20(2)8-10-23(11-9-20)25-17-15(12-14(21)18(26)16(17)22)24(19(25)27)13-6-4-3-5-7-13/h3-7,12,26H,8-11H2,1-2H3. The zero-order valence-corrected chi connectivity index (χ0v) is 15.2. The first-order valence-corrected chi connectivity index (χ1v) is 8.95. The number of benzene rings is 2. The highest BCUT2D eigenvalue weighted by Gasteiger charge is 2.30. The third-order valence-corrected chi connectivity index (χ3v) is 5.36. The lowest BCUT2D eigenvalue weighted by atomic mass is 9.83. The second-order valence-corrected chi connectivity index (χ2v) is 7.77. The Morgan fingerprint density at radius 2 is 1.70 bits per heavy atom.